The Hall–Kier alpha value is -1.06. The zero-order valence-corrected chi connectivity index (χ0v) is 10.4. The van der Waals surface area contributed by atoms with Gasteiger partial charge in [0.25, 0.3) is 0 Å². The predicted molar refractivity (Wildman–Crippen MR) is 65.6 cm³/mol. The lowest BCUT2D eigenvalue weighted by Gasteiger charge is -2.26. The topological polar surface area (TPSA) is 55.5 Å². The molecule has 0 heterocycles. The Morgan fingerprint density at radius 2 is 2.06 bits per heavy atom. The second-order valence-corrected chi connectivity index (χ2v) is 4.59. The lowest BCUT2D eigenvalue weighted by molar-refractivity contribution is 0.0517. The molecule has 3 nitrogen and oxygen atoms in total. The number of rotatable bonds is 4. The zero-order chi connectivity index (χ0) is 12.3. The van der Waals surface area contributed by atoms with Crippen LogP contribution in [-0.2, 0) is 0 Å². The molecule has 0 spiro atoms. The highest BCUT2D eigenvalue weighted by molar-refractivity contribution is 5.38. The van der Waals surface area contributed by atoms with Crippen molar-refractivity contribution in [1.82, 2.24) is 0 Å². The summed E-state index contributed by atoms with van der Waals surface area (Å²) in [6.45, 7) is 8.01. The van der Waals surface area contributed by atoms with Crippen LogP contribution in [0.5, 0.6) is 5.75 Å². The van der Waals surface area contributed by atoms with E-state index < -0.39 is 5.60 Å². The van der Waals surface area contributed by atoms with E-state index in [0.717, 1.165) is 16.9 Å². The highest BCUT2D eigenvalue weighted by Gasteiger charge is 2.24. The van der Waals surface area contributed by atoms with Gasteiger partial charge in [-0.1, -0.05) is 12.1 Å². The summed E-state index contributed by atoms with van der Waals surface area (Å²) in [5, 5.41) is 9.85. The first-order valence-electron chi connectivity index (χ1n) is 5.57. The van der Waals surface area contributed by atoms with Crippen LogP contribution < -0.4 is 10.5 Å². The molecular formula is C13H21NO2. The maximum absolute atomic E-state index is 9.85. The molecular weight excluding hydrogens is 202 g/mol. The van der Waals surface area contributed by atoms with Crippen LogP contribution in [0, 0.1) is 6.92 Å². The van der Waals surface area contributed by atoms with Crippen molar-refractivity contribution in [3.8, 4) is 5.75 Å². The normalized spacial score (nSPS) is 13.6. The van der Waals surface area contributed by atoms with Crippen LogP contribution in [0.4, 0.5) is 0 Å². The number of aryl methyl sites for hydroxylation is 1. The van der Waals surface area contributed by atoms with E-state index in [2.05, 4.69) is 0 Å². The molecule has 0 fully saturated rings. The summed E-state index contributed by atoms with van der Waals surface area (Å²) in [5.74, 6) is 0.870. The summed E-state index contributed by atoms with van der Waals surface area (Å²) in [4.78, 5) is 0. The molecule has 0 saturated carbocycles. The molecule has 1 unspecified atom stereocenters. The molecule has 16 heavy (non-hydrogen) atoms. The van der Waals surface area contributed by atoms with E-state index in [1.54, 1.807) is 13.8 Å². The van der Waals surface area contributed by atoms with Crippen molar-refractivity contribution in [2.24, 2.45) is 5.73 Å². The fourth-order valence-corrected chi connectivity index (χ4v) is 1.59. The highest BCUT2D eigenvalue weighted by Crippen LogP contribution is 2.27. The summed E-state index contributed by atoms with van der Waals surface area (Å²) in [6.07, 6.45) is 0. The van der Waals surface area contributed by atoms with Gasteiger partial charge < -0.3 is 15.6 Å². The summed E-state index contributed by atoms with van der Waals surface area (Å²) < 4.78 is 5.45. The molecule has 0 aliphatic heterocycles. The SMILES string of the molecule is CCOc1ccc(C(N)C(C)(C)O)cc1C. The summed E-state index contributed by atoms with van der Waals surface area (Å²) in [7, 11) is 0. The summed E-state index contributed by atoms with van der Waals surface area (Å²) in [5.41, 5.74) is 7.02. The minimum Gasteiger partial charge on any atom is -0.494 e. The Bertz CT molecular complexity index is 355. The van der Waals surface area contributed by atoms with E-state index in [-0.39, 0.29) is 6.04 Å². The van der Waals surface area contributed by atoms with E-state index in [1.807, 2.05) is 32.0 Å². The van der Waals surface area contributed by atoms with Gasteiger partial charge in [-0.2, -0.15) is 0 Å². The number of ether oxygens (including phenoxy) is 1. The monoisotopic (exact) mass is 223 g/mol. The van der Waals surface area contributed by atoms with Crippen LogP contribution in [0.2, 0.25) is 0 Å². The van der Waals surface area contributed by atoms with Crippen LogP contribution in [-0.4, -0.2) is 17.3 Å². The van der Waals surface area contributed by atoms with E-state index in [1.165, 1.54) is 0 Å². The van der Waals surface area contributed by atoms with Gasteiger partial charge in [0.1, 0.15) is 5.75 Å². The van der Waals surface area contributed by atoms with E-state index in [0.29, 0.717) is 6.61 Å². The largest absolute Gasteiger partial charge is 0.494 e. The lowest BCUT2D eigenvalue weighted by atomic mass is 9.92. The third kappa shape index (κ3) is 2.97. The zero-order valence-electron chi connectivity index (χ0n) is 10.4. The molecule has 0 aliphatic rings. The number of hydrogen-bond donors (Lipinski definition) is 2. The third-order valence-corrected chi connectivity index (χ3v) is 2.62. The Balaban J connectivity index is 2.97. The van der Waals surface area contributed by atoms with Crippen LogP contribution in [0.3, 0.4) is 0 Å². The Morgan fingerprint density at radius 3 is 2.50 bits per heavy atom. The Labute approximate surface area is 97.2 Å². The van der Waals surface area contributed by atoms with Crippen molar-refractivity contribution >= 4 is 0 Å². The minimum absolute atomic E-state index is 0.387. The summed E-state index contributed by atoms with van der Waals surface area (Å²) in [6, 6.07) is 5.38. The van der Waals surface area contributed by atoms with Crippen molar-refractivity contribution in [1.29, 1.82) is 0 Å². The molecule has 90 valence electrons. The average molecular weight is 223 g/mol. The van der Waals surface area contributed by atoms with Gasteiger partial charge in [-0.25, -0.2) is 0 Å². The van der Waals surface area contributed by atoms with Gasteiger partial charge in [0.05, 0.1) is 18.2 Å². The molecule has 0 aromatic heterocycles. The number of hydrogen-bond acceptors (Lipinski definition) is 3. The fourth-order valence-electron chi connectivity index (χ4n) is 1.59. The van der Waals surface area contributed by atoms with Crippen LogP contribution >= 0.6 is 0 Å². The maximum Gasteiger partial charge on any atom is 0.122 e. The first kappa shape index (κ1) is 13.0. The van der Waals surface area contributed by atoms with E-state index in [9.17, 15) is 5.11 Å². The molecule has 3 heteroatoms. The lowest BCUT2D eigenvalue weighted by Crippen LogP contribution is -2.35. The first-order valence-corrected chi connectivity index (χ1v) is 5.57. The fraction of sp³-hybridized carbons (Fsp3) is 0.538. The van der Waals surface area contributed by atoms with Gasteiger partial charge in [-0.05, 0) is 44.9 Å². The molecule has 0 bridgehead atoms. The highest BCUT2D eigenvalue weighted by atomic mass is 16.5. The van der Waals surface area contributed by atoms with Gasteiger partial charge in [0.2, 0.25) is 0 Å². The third-order valence-electron chi connectivity index (χ3n) is 2.62. The number of nitrogens with two attached hydrogens (primary N) is 1. The van der Waals surface area contributed by atoms with Crippen molar-refractivity contribution < 1.29 is 9.84 Å². The van der Waals surface area contributed by atoms with Crippen molar-refractivity contribution in [3.63, 3.8) is 0 Å². The van der Waals surface area contributed by atoms with Gasteiger partial charge >= 0.3 is 0 Å². The van der Waals surface area contributed by atoms with Crippen molar-refractivity contribution in [2.45, 2.75) is 39.3 Å². The molecule has 1 aromatic carbocycles. The molecule has 1 rings (SSSR count). The molecule has 3 N–H and O–H groups in total. The van der Waals surface area contributed by atoms with Crippen molar-refractivity contribution in [3.05, 3.63) is 29.3 Å². The maximum atomic E-state index is 9.85. The van der Waals surface area contributed by atoms with Crippen LogP contribution in [0.15, 0.2) is 18.2 Å². The van der Waals surface area contributed by atoms with Gasteiger partial charge in [0.15, 0.2) is 0 Å². The van der Waals surface area contributed by atoms with E-state index in [4.69, 9.17) is 10.5 Å². The molecule has 0 radical (unpaired) electrons. The summed E-state index contributed by atoms with van der Waals surface area (Å²) >= 11 is 0. The minimum atomic E-state index is -0.917. The van der Waals surface area contributed by atoms with Gasteiger partial charge in [0, 0.05) is 0 Å². The second kappa shape index (κ2) is 4.85. The second-order valence-electron chi connectivity index (χ2n) is 4.59. The molecule has 1 aromatic rings. The van der Waals surface area contributed by atoms with Gasteiger partial charge in [-0.15, -0.1) is 0 Å². The number of aliphatic hydroxyl groups is 1. The molecule has 0 aliphatic carbocycles. The Morgan fingerprint density at radius 1 is 1.44 bits per heavy atom. The molecule has 0 amide bonds. The standard InChI is InChI=1S/C13H21NO2/c1-5-16-11-7-6-10(8-9(11)2)12(14)13(3,4)15/h6-8,12,15H,5,14H2,1-4H3. The van der Waals surface area contributed by atoms with Crippen LogP contribution in [0.25, 0.3) is 0 Å². The van der Waals surface area contributed by atoms with Crippen LogP contribution in [0.1, 0.15) is 37.9 Å². The van der Waals surface area contributed by atoms with E-state index >= 15 is 0 Å². The number of benzene rings is 1. The quantitative estimate of drug-likeness (QED) is 0.822. The van der Waals surface area contributed by atoms with Gasteiger partial charge in [-0.3, -0.25) is 0 Å². The Kier molecular flexibility index (Phi) is 3.94. The molecule has 1 atom stereocenters. The van der Waals surface area contributed by atoms with Crippen molar-refractivity contribution in [2.75, 3.05) is 6.61 Å². The smallest absolute Gasteiger partial charge is 0.122 e. The average Bonchev–Trinajstić information content (AvgIpc) is 2.19. The molecule has 0 saturated heterocycles. The predicted octanol–water partition coefficient (Wildman–Crippen LogP) is 2.16. The first-order chi connectivity index (χ1) is 7.36.